The number of benzene rings is 2. The van der Waals surface area contributed by atoms with Gasteiger partial charge in [0.2, 0.25) is 10.0 Å². The molecule has 0 saturated carbocycles. The molecule has 0 bridgehead atoms. The number of nitriles is 1. The zero-order valence-electron chi connectivity index (χ0n) is 13.0. The van der Waals surface area contributed by atoms with Crippen molar-refractivity contribution < 1.29 is 17.9 Å². The topological polar surface area (TPSA) is 90.2 Å². The standard InChI is InChI=1S/C17H17FN2O3S/c1-12(10-16(21)13-6-3-2-4-7-13)20-24(22,23)17-9-5-8-15(18)14(17)11-19/h2-9,12,16,20-21H,10H2,1H3. The van der Waals surface area contributed by atoms with Gasteiger partial charge in [0.1, 0.15) is 22.3 Å². The minimum atomic E-state index is -4.08. The third kappa shape index (κ3) is 4.17. The second kappa shape index (κ2) is 7.53. The molecule has 2 atom stereocenters. The van der Waals surface area contributed by atoms with Crippen molar-refractivity contribution in [3.05, 3.63) is 65.5 Å². The first-order chi connectivity index (χ1) is 11.3. The van der Waals surface area contributed by atoms with E-state index in [-0.39, 0.29) is 6.42 Å². The first-order valence-electron chi connectivity index (χ1n) is 7.29. The Morgan fingerprint density at radius 3 is 2.50 bits per heavy atom. The Morgan fingerprint density at radius 2 is 1.88 bits per heavy atom. The van der Waals surface area contributed by atoms with Gasteiger partial charge in [0.25, 0.3) is 0 Å². The van der Waals surface area contributed by atoms with Crippen molar-refractivity contribution in [2.75, 3.05) is 0 Å². The van der Waals surface area contributed by atoms with Crippen molar-refractivity contribution in [1.29, 1.82) is 5.26 Å². The molecule has 2 aromatic rings. The Kier molecular flexibility index (Phi) is 5.67. The third-order valence-corrected chi connectivity index (χ3v) is 5.13. The maximum absolute atomic E-state index is 13.6. The van der Waals surface area contributed by atoms with E-state index in [9.17, 15) is 17.9 Å². The van der Waals surface area contributed by atoms with Crippen molar-refractivity contribution >= 4 is 10.0 Å². The quantitative estimate of drug-likeness (QED) is 0.839. The molecule has 7 heteroatoms. The highest BCUT2D eigenvalue weighted by atomic mass is 32.2. The summed E-state index contributed by atoms with van der Waals surface area (Å²) in [5.74, 6) is -0.891. The van der Waals surface area contributed by atoms with E-state index < -0.39 is 38.4 Å². The predicted molar refractivity (Wildman–Crippen MR) is 86.9 cm³/mol. The molecule has 0 aromatic heterocycles. The van der Waals surface area contributed by atoms with Gasteiger partial charge >= 0.3 is 0 Å². The summed E-state index contributed by atoms with van der Waals surface area (Å²) in [4.78, 5) is -0.411. The Hall–Kier alpha value is -2.27. The molecule has 0 aliphatic rings. The molecule has 2 N–H and O–H groups in total. The van der Waals surface area contributed by atoms with Crippen molar-refractivity contribution in [3.8, 4) is 6.07 Å². The summed E-state index contributed by atoms with van der Waals surface area (Å²) in [7, 11) is -4.08. The second-order valence-electron chi connectivity index (χ2n) is 5.41. The van der Waals surface area contributed by atoms with Crippen LogP contribution in [-0.2, 0) is 10.0 Å². The Labute approximate surface area is 140 Å². The fourth-order valence-electron chi connectivity index (χ4n) is 2.36. The average molecular weight is 348 g/mol. The van der Waals surface area contributed by atoms with Crippen LogP contribution in [0, 0.1) is 17.1 Å². The summed E-state index contributed by atoms with van der Waals surface area (Å²) < 4.78 is 40.7. The number of aliphatic hydroxyl groups excluding tert-OH is 1. The van der Waals surface area contributed by atoms with Gasteiger partial charge in [0.05, 0.1) is 6.10 Å². The number of hydrogen-bond acceptors (Lipinski definition) is 4. The van der Waals surface area contributed by atoms with Crippen LogP contribution >= 0.6 is 0 Å². The lowest BCUT2D eigenvalue weighted by Gasteiger charge is -2.18. The molecule has 126 valence electrons. The molecule has 0 fully saturated rings. The zero-order valence-corrected chi connectivity index (χ0v) is 13.8. The van der Waals surface area contributed by atoms with Gasteiger partial charge in [-0.2, -0.15) is 5.26 Å². The summed E-state index contributed by atoms with van der Waals surface area (Å²) >= 11 is 0. The smallest absolute Gasteiger partial charge is 0.242 e. The lowest BCUT2D eigenvalue weighted by Crippen LogP contribution is -2.34. The maximum atomic E-state index is 13.6. The minimum absolute atomic E-state index is 0.139. The molecular weight excluding hydrogens is 331 g/mol. The fourth-order valence-corrected chi connectivity index (χ4v) is 3.78. The molecule has 0 aliphatic heterocycles. The molecule has 0 amide bonds. The van der Waals surface area contributed by atoms with Crippen LogP contribution in [0.3, 0.4) is 0 Å². The summed E-state index contributed by atoms with van der Waals surface area (Å²) in [6.07, 6.45) is -0.702. The number of rotatable bonds is 6. The van der Waals surface area contributed by atoms with Crippen molar-refractivity contribution in [1.82, 2.24) is 4.72 Å². The van der Waals surface area contributed by atoms with E-state index in [4.69, 9.17) is 5.26 Å². The van der Waals surface area contributed by atoms with Crippen LogP contribution in [0.4, 0.5) is 4.39 Å². The summed E-state index contributed by atoms with van der Waals surface area (Å²) in [5, 5.41) is 19.1. The maximum Gasteiger partial charge on any atom is 0.242 e. The lowest BCUT2D eigenvalue weighted by molar-refractivity contribution is 0.158. The van der Waals surface area contributed by atoms with Crippen LogP contribution in [0.15, 0.2) is 53.4 Å². The van der Waals surface area contributed by atoms with Crippen LogP contribution < -0.4 is 4.72 Å². The normalized spacial score (nSPS) is 13.9. The van der Waals surface area contributed by atoms with Crippen molar-refractivity contribution in [2.24, 2.45) is 0 Å². The van der Waals surface area contributed by atoms with Gasteiger partial charge in [-0.25, -0.2) is 17.5 Å². The van der Waals surface area contributed by atoms with Gasteiger partial charge < -0.3 is 5.11 Å². The van der Waals surface area contributed by atoms with Crippen LogP contribution in [0.25, 0.3) is 0 Å². The highest BCUT2D eigenvalue weighted by molar-refractivity contribution is 7.89. The second-order valence-corrected chi connectivity index (χ2v) is 7.09. The predicted octanol–water partition coefficient (Wildman–Crippen LogP) is 2.49. The first-order valence-corrected chi connectivity index (χ1v) is 8.77. The number of sulfonamides is 1. The highest BCUT2D eigenvalue weighted by Gasteiger charge is 2.24. The lowest BCUT2D eigenvalue weighted by atomic mass is 10.0. The van der Waals surface area contributed by atoms with E-state index in [1.165, 1.54) is 12.1 Å². The highest BCUT2D eigenvalue weighted by Crippen LogP contribution is 2.21. The third-order valence-electron chi connectivity index (χ3n) is 3.49. The molecule has 2 unspecified atom stereocenters. The molecule has 0 aliphatic carbocycles. The van der Waals surface area contributed by atoms with Gasteiger partial charge in [-0.05, 0) is 31.0 Å². The molecule has 0 saturated heterocycles. The SMILES string of the molecule is CC(CC(O)c1ccccc1)NS(=O)(=O)c1cccc(F)c1C#N. The van der Waals surface area contributed by atoms with Crippen LogP contribution in [-0.4, -0.2) is 19.6 Å². The molecule has 0 heterocycles. The van der Waals surface area contributed by atoms with Crippen molar-refractivity contribution in [3.63, 3.8) is 0 Å². The van der Waals surface area contributed by atoms with E-state index in [0.29, 0.717) is 5.56 Å². The Balaban J connectivity index is 2.15. The van der Waals surface area contributed by atoms with Crippen LogP contribution in [0.1, 0.15) is 30.6 Å². The van der Waals surface area contributed by atoms with Crippen LogP contribution in [0.5, 0.6) is 0 Å². The number of nitrogens with zero attached hydrogens (tertiary/aromatic N) is 1. The van der Waals surface area contributed by atoms with E-state index >= 15 is 0 Å². The number of halogens is 1. The fraction of sp³-hybridized carbons (Fsp3) is 0.235. The van der Waals surface area contributed by atoms with Gasteiger partial charge in [-0.3, -0.25) is 0 Å². The van der Waals surface area contributed by atoms with E-state index in [0.717, 1.165) is 6.07 Å². The van der Waals surface area contributed by atoms with Gasteiger partial charge in [0.15, 0.2) is 0 Å². The summed E-state index contributed by atoms with van der Waals surface area (Å²) in [5.41, 5.74) is 0.146. The molecule has 5 nitrogen and oxygen atoms in total. The first kappa shape index (κ1) is 18.1. The molecule has 0 radical (unpaired) electrons. The zero-order chi connectivity index (χ0) is 17.7. The molecule has 24 heavy (non-hydrogen) atoms. The molecule has 2 rings (SSSR count). The summed E-state index contributed by atoms with van der Waals surface area (Å²) in [6, 6.07) is 13.2. The van der Waals surface area contributed by atoms with E-state index in [2.05, 4.69) is 4.72 Å². The van der Waals surface area contributed by atoms with E-state index in [1.807, 2.05) is 6.07 Å². The number of hydrogen-bond donors (Lipinski definition) is 2. The van der Waals surface area contributed by atoms with Gasteiger partial charge in [0, 0.05) is 6.04 Å². The van der Waals surface area contributed by atoms with Crippen LogP contribution in [0.2, 0.25) is 0 Å². The largest absolute Gasteiger partial charge is 0.388 e. The molecular formula is C17H17FN2O3S. The van der Waals surface area contributed by atoms with Gasteiger partial charge in [-0.15, -0.1) is 0 Å². The monoisotopic (exact) mass is 348 g/mol. The Morgan fingerprint density at radius 1 is 1.21 bits per heavy atom. The van der Waals surface area contributed by atoms with Gasteiger partial charge in [-0.1, -0.05) is 36.4 Å². The Bertz CT molecular complexity index is 848. The van der Waals surface area contributed by atoms with E-state index in [1.54, 1.807) is 37.3 Å². The molecule has 0 spiro atoms. The number of nitrogens with one attached hydrogen (secondary N) is 1. The minimum Gasteiger partial charge on any atom is -0.388 e. The average Bonchev–Trinajstić information content (AvgIpc) is 2.54. The summed E-state index contributed by atoms with van der Waals surface area (Å²) in [6.45, 7) is 1.59. The van der Waals surface area contributed by atoms with Crippen molar-refractivity contribution in [2.45, 2.75) is 30.4 Å². The number of aliphatic hydroxyl groups is 1. The molecule has 2 aromatic carbocycles.